The molecule has 0 spiro atoms. The fourth-order valence-electron chi connectivity index (χ4n) is 5.62. The summed E-state index contributed by atoms with van der Waals surface area (Å²) in [6.45, 7) is 6.83. The summed E-state index contributed by atoms with van der Waals surface area (Å²) in [4.78, 5) is 0. The minimum absolute atomic E-state index is 0.322. The second-order valence-corrected chi connectivity index (χ2v) is 9.06. The van der Waals surface area contributed by atoms with Crippen LogP contribution < -0.4 is 4.57 Å². The molecule has 4 aromatic carbocycles. The third-order valence-corrected chi connectivity index (χ3v) is 7.20. The molecule has 2 heterocycles. The van der Waals surface area contributed by atoms with E-state index in [1.54, 1.807) is 0 Å². The number of nitrogens with zero attached hydrogens (tertiary/aromatic N) is 2. The topological polar surface area (TPSA) is 8.81 Å². The van der Waals surface area contributed by atoms with Gasteiger partial charge in [-0.3, -0.25) is 0 Å². The van der Waals surface area contributed by atoms with Crippen molar-refractivity contribution in [3.63, 3.8) is 0 Å². The van der Waals surface area contributed by atoms with Crippen LogP contribution in [0.3, 0.4) is 0 Å². The second kappa shape index (κ2) is 7.31. The third-order valence-electron chi connectivity index (χ3n) is 7.20. The smallest absolute Gasteiger partial charge is 0.208 e. The molecule has 2 nitrogen and oxygen atoms in total. The van der Waals surface area contributed by atoms with Crippen molar-refractivity contribution in [1.29, 1.82) is 0 Å². The summed E-state index contributed by atoms with van der Waals surface area (Å²) in [6.07, 6.45) is 0. The summed E-state index contributed by atoms with van der Waals surface area (Å²) in [5.74, 6) is 1.21. The summed E-state index contributed by atoms with van der Waals surface area (Å²) < 4.78 is 5.03. The van der Waals surface area contributed by atoms with Gasteiger partial charge in [-0.25, -0.2) is 4.57 Å². The average Bonchev–Trinajstić information content (AvgIpc) is 3.32. The van der Waals surface area contributed by atoms with Crippen molar-refractivity contribution < 1.29 is 4.57 Å². The van der Waals surface area contributed by atoms with Crippen LogP contribution in [-0.4, -0.2) is 4.57 Å². The molecule has 0 radical (unpaired) electrons. The summed E-state index contributed by atoms with van der Waals surface area (Å²) in [7, 11) is 0. The van der Waals surface area contributed by atoms with Crippen LogP contribution in [-0.2, 0) is 5.54 Å². The fourth-order valence-corrected chi connectivity index (χ4v) is 5.62. The fraction of sp³-hybridized carbons (Fsp3) is 0.129. The van der Waals surface area contributed by atoms with Crippen molar-refractivity contribution in [2.24, 2.45) is 0 Å². The molecule has 1 aliphatic heterocycles. The molecule has 2 heteroatoms. The Balaban J connectivity index is 1.81. The highest BCUT2D eigenvalue weighted by atomic mass is 15.2. The highest BCUT2D eigenvalue weighted by molar-refractivity contribution is 5.74. The molecular formula is C31H27N2+. The van der Waals surface area contributed by atoms with E-state index in [-0.39, 0.29) is 5.54 Å². The van der Waals surface area contributed by atoms with Crippen LogP contribution in [0.25, 0.3) is 28.3 Å². The SMILES string of the molecule is Cc1ccccc1-n1c(C)c2[n+](c1-c1ccccc1)C(C)(c1ccccc1)c1ccccc1-2. The molecule has 160 valence electrons. The minimum atomic E-state index is -0.322. The Morgan fingerprint density at radius 3 is 2.00 bits per heavy atom. The van der Waals surface area contributed by atoms with Crippen LogP contribution in [0.5, 0.6) is 0 Å². The number of aryl methyl sites for hydroxylation is 1. The quantitative estimate of drug-likeness (QED) is 0.279. The zero-order chi connectivity index (χ0) is 22.6. The van der Waals surface area contributed by atoms with Crippen molar-refractivity contribution in [3.05, 3.63) is 132 Å². The summed E-state index contributed by atoms with van der Waals surface area (Å²) in [5.41, 5.74) is 9.89. The molecule has 0 fully saturated rings. The van der Waals surface area contributed by atoms with E-state index < -0.39 is 0 Å². The standard InChI is InChI=1S/C31H27N2/c1-22-14-10-13-21-28(22)32-23(2)29-26-19-11-12-20-27(26)31(3,25-17-8-5-9-18-25)33(29)30(32)24-15-6-4-7-16-24/h4-21H,1-3H3/q+1. The normalized spacial score (nSPS) is 16.5. The van der Waals surface area contributed by atoms with Crippen molar-refractivity contribution in [2.75, 3.05) is 0 Å². The van der Waals surface area contributed by atoms with Crippen LogP contribution in [0.2, 0.25) is 0 Å². The van der Waals surface area contributed by atoms with Gasteiger partial charge >= 0.3 is 0 Å². The minimum Gasteiger partial charge on any atom is -0.208 e. The molecule has 33 heavy (non-hydrogen) atoms. The Hall–Kier alpha value is -3.91. The highest BCUT2D eigenvalue weighted by Gasteiger charge is 2.51. The molecule has 1 aliphatic rings. The number of hydrogen-bond donors (Lipinski definition) is 0. The van der Waals surface area contributed by atoms with Crippen LogP contribution in [0.4, 0.5) is 0 Å². The molecule has 6 rings (SSSR count). The highest BCUT2D eigenvalue weighted by Crippen LogP contribution is 2.46. The lowest BCUT2D eigenvalue weighted by atomic mass is 9.84. The first-order valence-electron chi connectivity index (χ1n) is 11.6. The number of fused-ring (bicyclic) bond motifs is 3. The molecule has 0 amide bonds. The number of imidazole rings is 1. The Morgan fingerprint density at radius 1 is 0.667 bits per heavy atom. The Kier molecular flexibility index (Phi) is 4.38. The molecule has 1 unspecified atom stereocenters. The van der Waals surface area contributed by atoms with E-state index in [1.807, 2.05) is 0 Å². The molecule has 0 bridgehead atoms. The van der Waals surface area contributed by atoms with E-state index in [0.29, 0.717) is 0 Å². The van der Waals surface area contributed by atoms with Crippen molar-refractivity contribution in [3.8, 4) is 28.3 Å². The van der Waals surface area contributed by atoms with Gasteiger partial charge in [0.1, 0.15) is 5.69 Å². The van der Waals surface area contributed by atoms with Gasteiger partial charge < -0.3 is 0 Å². The first-order chi connectivity index (χ1) is 16.1. The number of benzene rings is 4. The Morgan fingerprint density at radius 2 is 1.27 bits per heavy atom. The maximum absolute atomic E-state index is 2.57. The molecule has 1 atom stereocenters. The molecule has 0 saturated heterocycles. The van der Waals surface area contributed by atoms with Crippen LogP contribution in [0.1, 0.15) is 29.3 Å². The molecular weight excluding hydrogens is 400 g/mol. The van der Waals surface area contributed by atoms with Crippen molar-refractivity contribution >= 4 is 0 Å². The van der Waals surface area contributed by atoms with Gasteiger partial charge in [0, 0.05) is 23.6 Å². The van der Waals surface area contributed by atoms with E-state index in [1.165, 1.54) is 50.7 Å². The first-order valence-corrected chi connectivity index (χ1v) is 11.6. The van der Waals surface area contributed by atoms with Crippen molar-refractivity contribution in [1.82, 2.24) is 4.57 Å². The molecule has 1 aromatic heterocycles. The van der Waals surface area contributed by atoms with Crippen molar-refractivity contribution in [2.45, 2.75) is 26.3 Å². The maximum atomic E-state index is 2.57. The molecule has 0 aliphatic carbocycles. The number of hydrogen-bond acceptors (Lipinski definition) is 0. The van der Waals surface area contributed by atoms with E-state index in [4.69, 9.17) is 0 Å². The van der Waals surface area contributed by atoms with Gasteiger partial charge in [-0.1, -0.05) is 91.0 Å². The zero-order valence-corrected chi connectivity index (χ0v) is 19.3. The first kappa shape index (κ1) is 19.8. The summed E-state index contributed by atoms with van der Waals surface area (Å²) >= 11 is 0. The largest absolute Gasteiger partial charge is 0.295 e. The van der Waals surface area contributed by atoms with Gasteiger partial charge in [-0.2, -0.15) is 4.57 Å². The third kappa shape index (κ3) is 2.70. The molecule has 0 saturated carbocycles. The predicted molar refractivity (Wildman–Crippen MR) is 135 cm³/mol. The molecule has 5 aromatic rings. The predicted octanol–water partition coefficient (Wildman–Crippen LogP) is 6.84. The van der Waals surface area contributed by atoms with E-state index in [0.717, 1.165) is 0 Å². The molecule has 0 N–H and O–H groups in total. The lowest BCUT2D eigenvalue weighted by Crippen LogP contribution is -2.54. The van der Waals surface area contributed by atoms with Crippen LogP contribution in [0.15, 0.2) is 109 Å². The zero-order valence-electron chi connectivity index (χ0n) is 19.3. The Bertz CT molecular complexity index is 1480. The average molecular weight is 428 g/mol. The summed E-state index contributed by atoms with van der Waals surface area (Å²) in [6, 6.07) is 39.3. The Labute approximate surface area is 195 Å². The maximum Gasteiger partial charge on any atom is 0.295 e. The number of para-hydroxylation sites is 1. The number of rotatable bonds is 3. The van der Waals surface area contributed by atoms with E-state index in [2.05, 4.69) is 139 Å². The van der Waals surface area contributed by atoms with Gasteiger partial charge in [0.05, 0.1) is 5.56 Å². The number of aromatic nitrogens is 2. The lowest BCUT2D eigenvalue weighted by Gasteiger charge is -2.26. The monoisotopic (exact) mass is 427 g/mol. The summed E-state index contributed by atoms with van der Waals surface area (Å²) in [5, 5.41) is 0. The van der Waals surface area contributed by atoms with Crippen LogP contribution >= 0.6 is 0 Å². The van der Waals surface area contributed by atoms with Gasteiger partial charge in [-0.05, 0) is 37.6 Å². The van der Waals surface area contributed by atoms with E-state index in [9.17, 15) is 0 Å². The second-order valence-electron chi connectivity index (χ2n) is 9.06. The van der Waals surface area contributed by atoms with Gasteiger partial charge in [0.25, 0.3) is 5.82 Å². The lowest BCUT2D eigenvalue weighted by molar-refractivity contribution is -0.714. The van der Waals surface area contributed by atoms with Gasteiger partial charge in [0.2, 0.25) is 0 Å². The van der Waals surface area contributed by atoms with Gasteiger partial charge in [-0.15, -0.1) is 0 Å². The van der Waals surface area contributed by atoms with E-state index >= 15 is 0 Å². The van der Waals surface area contributed by atoms with Gasteiger partial charge in [0.15, 0.2) is 16.9 Å². The van der Waals surface area contributed by atoms with Crippen LogP contribution in [0, 0.1) is 13.8 Å².